The smallest absolute Gasteiger partial charge is 0.357 e. The first-order valence-corrected chi connectivity index (χ1v) is 6.97. The first-order valence-electron chi connectivity index (χ1n) is 6.59. The number of allylic oxidation sites excluding steroid dienone is 2. The Bertz CT molecular complexity index is 675. The Balaban J connectivity index is 2.79. The molecule has 0 saturated heterocycles. The van der Waals surface area contributed by atoms with E-state index in [1.807, 2.05) is 38.1 Å². The van der Waals surface area contributed by atoms with E-state index < -0.39 is 5.97 Å². The van der Waals surface area contributed by atoms with Crippen molar-refractivity contribution in [2.45, 2.75) is 20.8 Å². The second-order valence-corrected chi connectivity index (χ2v) is 4.95. The van der Waals surface area contributed by atoms with Crippen molar-refractivity contribution in [2.75, 3.05) is 7.11 Å². The molecule has 0 amide bonds. The van der Waals surface area contributed by atoms with Crippen LogP contribution in [-0.4, -0.2) is 24.3 Å². The maximum atomic E-state index is 12.2. The van der Waals surface area contributed by atoms with Crippen LogP contribution in [0.4, 0.5) is 0 Å². The van der Waals surface area contributed by atoms with Crippen LogP contribution in [0.3, 0.4) is 0 Å². The highest BCUT2D eigenvalue weighted by atomic mass is 35.5. The molecule has 0 atom stereocenters. The Morgan fingerprint density at radius 1 is 1.33 bits per heavy atom. The Labute approximate surface area is 129 Å². The second-order valence-electron chi connectivity index (χ2n) is 4.51. The van der Waals surface area contributed by atoms with Gasteiger partial charge in [-0.15, -0.1) is 0 Å². The molecule has 0 fully saturated rings. The fourth-order valence-electron chi connectivity index (χ4n) is 2.43. The average molecular weight is 305 g/mol. The van der Waals surface area contributed by atoms with Gasteiger partial charge in [0.2, 0.25) is 0 Å². The Kier molecular flexibility index (Phi) is 4.48. The van der Waals surface area contributed by atoms with E-state index in [0.29, 0.717) is 10.7 Å². The summed E-state index contributed by atoms with van der Waals surface area (Å²) >= 11 is 6.11. The summed E-state index contributed by atoms with van der Waals surface area (Å²) in [6.07, 6.45) is 3.53. The molecule has 1 aliphatic heterocycles. The van der Waals surface area contributed by atoms with Crippen LogP contribution in [0.15, 0.2) is 35.1 Å². The summed E-state index contributed by atoms with van der Waals surface area (Å²) in [5, 5.41) is 6.54. The normalized spacial score (nSPS) is 16.6. The van der Waals surface area contributed by atoms with Crippen molar-refractivity contribution in [3.63, 3.8) is 0 Å². The molecule has 110 valence electrons. The van der Waals surface area contributed by atoms with Crippen LogP contribution >= 0.6 is 11.6 Å². The molecule has 0 spiro atoms. The summed E-state index contributed by atoms with van der Waals surface area (Å²) in [6, 6.07) is 5.60. The van der Waals surface area contributed by atoms with Gasteiger partial charge in [0.1, 0.15) is 0 Å². The number of rotatable bonds is 2. The van der Waals surface area contributed by atoms with Crippen molar-refractivity contribution in [3.05, 3.63) is 46.1 Å². The molecule has 1 aromatic carbocycles. The van der Waals surface area contributed by atoms with Gasteiger partial charge in [-0.25, -0.2) is 9.80 Å². The molecule has 0 unspecified atom stereocenters. The number of ether oxygens (including phenoxy) is 1. The highest BCUT2D eigenvalue weighted by Crippen LogP contribution is 2.39. The van der Waals surface area contributed by atoms with E-state index in [2.05, 4.69) is 5.10 Å². The number of carbonyl (C=O) groups is 1. The number of hydrogen-bond donors (Lipinski definition) is 0. The molecule has 0 aliphatic carbocycles. The van der Waals surface area contributed by atoms with Crippen molar-refractivity contribution in [1.82, 2.24) is 5.01 Å². The van der Waals surface area contributed by atoms with E-state index >= 15 is 0 Å². The first-order chi connectivity index (χ1) is 10.0. The summed E-state index contributed by atoms with van der Waals surface area (Å²) in [5.74, 6) is -0.418. The van der Waals surface area contributed by atoms with Gasteiger partial charge in [-0.1, -0.05) is 23.7 Å². The third-order valence-electron chi connectivity index (χ3n) is 3.34. The van der Waals surface area contributed by atoms with E-state index in [1.54, 1.807) is 18.1 Å². The van der Waals surface area contributed by atoms with Gasteiger partial charge >= 0.3 is 5.97 Å². The van der Waals surface area contributed by atoms with Gasteiger partial charge in [0.15, 0.2) is 5.70 Å². The minimum atomic E-state index is -0.418. The fourth-order valence-corrected chi connectivity index (χ4v) is 2.60. The van der Waals surface area contributed by atoms with Gasteiger partial charge < -0.3 is 4.74 Å². The van der Waals surface area contributed by atoms with Crippen molar-refractivity contribution in [2.24, 2.45) is 5.10 Å². The molecule has 0 N–H and O–H groups in total. The lowest BCUT2D eigenvalue weighted by molar-refractivity contribution is -0.137. The second kappa shape index (κ2) is 6.14. The van der Waals surface area contributed by atoms with Crippen LogP contribution in [0.25, 0.3) is 11.3 Å². The molecular weight excluding hydrogens is 288 g/mol. The minimum Gasteiger partial charge on any atom is -0.464 e. The minimum absolute atomic E-state index is 0.415. The molecule has 4 nitrogen and oxygen atoms in total. The average Bonchev–Trinajstić information content (AvgIpc) is 2.47. The number of methoxy groups -OCH3 is 1. The zero-order valence-corrected chi connectivity index (χ0v) is 13.2. The first kappa shape index (κ1) is 15.3. The number of fused-ring (bicyclic) bond motifs is 1. The van der Waals surface area contributed by atoms with Crippen molar-refractivity contribution in [1.29, 1.82) is 0 Å². The van der Waals surface area contributed by atoms with Crippen molar-refractivity contribution in [3.8, 4) is 0 Å². The highest BCUT2D eigenvalue weighted by Gasteiger charge is 2.31. The van der Waals surface area contributed by atoms with E-state index in [4.69, 9.17) is 16.3 Å². The standard InChI is InChI=1S/C16H17ClN2O2/c1-5-14-13-9-11(17)7-8-12(13)10(3)15(16(20)21-4)19(14)18-6-2/h5-9H,1-4H3/b14-5+,18-6-. The maximum absolute atomic E-state index is 12.2. The Hall–Kier alpha value is -2.07. The number of hydrogen-bond acceptors (Lipinski definition) is 4. The topological polar surface area (TPSA) is 41.9 Å². The molecule has 5 heteroatoms. The summed E-state index contributed by atoms with van der Waals surface area (Å²) in [5.41, 5.74) is 3.93. The van der Waals surface area contributed by atoms with Gasteiger partial charge in [0, 0.05) is 16.8 Å². The lowest BCUT2D eigenvalue weighted by Crippen LogP contribution is -2.27. The van der Waals surface area contributed by atoms with Gasteiger partial charge in [0.25, 0.3) is 0 Å². The van der Waals surface area contributed by atoms with Crippen molar-refractivity contribution >= 4 is 35.1 Å². The van der Waals surface area contributed by atoms with E-state index in [-0.39, 0.29) is 0 Å². The SMILES string of the molecule is C/C=N\N1C(C(=O)OC)=C(C)c2ccc(Cl)cc2/C1=C\C. The molecule has 1 heterocycles. The van der Waals surface area contributed by atoms with Crippen LogP contribution < -0.4 is 0 Å². The Morgan fingerprint density at radius 2 is 2.05 bits per heavy atom. The molecule has 0 bridgehead atoms. The third kappa shape index (κ3) is 2.59. The third-order valence-corrected chi connectivity index (χ3v) is 3.57. The molecule has 0 saturated carbocycles. The summed E-state index contributed by atoms with van der Waals surface area (Å²) in [7, 11) is 1.36. The molecule has 0 aromatic heterocycles. The largest absolute Gasteiger partial charge is 0.464 e. The molecule has 0 radical (unpaired) electrons. The van der Waals surface area contributed by atoms with Crippen LogP contribution in [-0.2, 0) is 9.53 Å². The van der Waals surface area contributed by atoms with Gasteiger partial charge in [-0.05, 0) is 44.0 Å². The lowest BCUT2D eigenvalue weighted by Gasteiger charge is -2.31. The predicted molar refractivity (Wildman–Crippen MR) is 85.7 cm³/mol. The summed E-state index contributed by atoms with van der Waals surface area (Å²) in [4.78, 5) is 12.2. The monoisotopic (exact) mass is 304 g/mol. The molecule has 1 aliphatic rings. The zero-order valence-electron chi connectivity index (χ0n) is 12.5. The fraction of sp³-hybridized carbons (Fsp3) is 0.250. The van der Waals surface area contributed by atoms with Gasteiger partial charge in [-0.2, -0.15) is 5.10 Å². The lowest BCUT2D eigenvalue weighted by atomic mass is 9.92. The van der Waals surface area contributed by atoms with Crippen LogP contribution in [0.5, 0.6) is 0 Å². The molecule has 2 rings (SSSR count). The summed E-state index contributed by atoms with van der Waals surface area (Å²) in [6.45, 7) is 5.57. The predicted octanol–water partition coefficient (Wildman–Crippen LogP) is 3.93. The quantitative estimate of drug-likeness (QED) is 0.614. The van der Waals surface area contributed by atoms with Crippen LogP contribution in [0.1, 0.15) is 31.9 Å². The number of nitrogens with zero attached hydrogens (tertiary/aromatic N) is 2. The maximum Gasteiger partial charge on any atom is 0.357 e. The highest BCUT2D eigenvalue weighted by molar-refractivity contribution is 6.30. The van der Waals surface area contributed by atoms with Gasteiger partial charge in [0.05, 0.1) is 12.8 Å². The van der Waals surface area contributed by atoms with E-state index in [0.717, 1.165) is 22.4 Å². The van der Waals surface area contributed by atoms with E-state index in [9.17, 15) is 4.79 Å². The van der Waals surface area contributed by atoms with Crippen molar-refractivity contribution < 1.29 is 9.53 Å². The molecule has 21 heavy (non-hydrogen) atoms. The number of esters is 1. The number of hydrazone groups is 1. The van der Waals surface area contributed by atoms with Crippen LogP contribution in [0, 0.1) is 0 Å². The Morgan fingerprint density at radius 3 is 2.62 bits per heavy atom. The van der Waals surface area contributed by atoms with Crippen LogP contribution in [0.2, 0.25) is 5.02 Å². The molecular formula is C16H17ClN2O2. The van der Waals surface area contributed by atoms with E-state index in [1.165, 1.54) is 7.11 Å². The number of benzene rings is 1. The van der Waals surface area contributed by atoms with Gasteiger partial charge in [-0.3, -0.25) is 0 Å². The molecule has 1 aromatic rings. The number of halogens is 1. The zero-order chi connectivity index (χ0) is 15.6. The summed E-state index contributed by atoms with van der Waals surface area (Å²) < 4.78 is 4.90. The number of carbonyl (C=O) groups excluding carboxylic acids is 1.